The zero-order valence-electron chi connectivity index (χ0n) is 16.8. The van der Waals surface area contributed by atoms with E-state index in [2.05, 4.69) is 27.0 Å². The Morgan fingerprint density at radius 1 is 1.13 bits per heavy atom. The van der Waals surface area contributed by atoms with Crippen LogP contribution in [0.2, 0.25) is 0 Å². The number of hydrogen-bond donors (Lipinski definition) is 1. The normalized spacial score (nSPS) is 22.4. The minimum Gasteiger partial charge on any atom is -0.497 e. The Labute approximate surface area is 174 Å². The summed E-state index contributed by atoms with van der Waals surface area (Å²) in [5.41, 5.74) is 2.12. The number of benzene rings is 1. The van der Waals surface area contributed by atoms with Gasteiger partial charge in [-0.1, -0.05) is 18.2 Å². The molecule has 0 spiro atoms. The number of piperidine rings is 1. The number of rotatable bonds is 4. The predicted molar refractivity (Wildman–Crippen MR) is 114 cm³/mol. The van der Waals surface area contributed by atoms with E-state index in [-0.39, 0.29) is 29.0 Å². The first kappa shape index (κ1) is 18.7. The number of fused-ring (bicyclic) bond motifs is 4. The Balaban J connectivity index is 1.55. The topological polar surface area (TPSA) is 80.2 Å². The fraction of sp³-hybridized carbons (Fsp3) is 0.348. The van der Waals surface area contributed by atoms with Gasteiger partial charge in [0.05, 0.1) is 13.4 Å². The van der Waals surface area contributed by atoms with E-state index in [1.54, 1.807) is 19.2 Å². The molecule has 3 atom stereocenters. The molecule has 2 bridgehead atoms. The second-order valence-corrected chi connectivity index (χ2v) is 8.15. The number of pyridine rings is 1. The number of H-pyrrole nitrogens is 1. The van der Waals surface area contributed by atoms with Gasteiger partial charge in [0.2, 0.25) is 0 Å². The quantitative estimate of drug-likeness (QED) is 0.722. The molecule has 154 valence electrons. The molecular formula is C23H24N4O3. The summed E-state index contributed by atoms with van der Waals surface area (Å²) in [6.45, 7) is 1.52. The smallest absolute Gasteiger partial charge is 0.252 e. The Hall–Kier alpha value is -3.35. The van der Waals surface area contributed by atoms with E-state index >= 15 is 0 Å². The number of nitrogens with zero attached hydrogens (tertiary/aromatic N) is 3. The fourth-order valence-electron chi connectivity index (χ4n) is 5.06. The maximum absolute atomic E-state index is 12.9. The van der Waals surface area contributed by atoms with Crippen molar-refractivity contribution < 1.29 is 4.74 Å². The summed E-state index contributed by atoms with van der Waals surface area (Å²) >= 11 is 0. The molecule has 4 heterocycles. The van der Waals surface area contributed by atoms with Crippen LogP contribution >= 0.6 is 0 Å². The molecule has 0 saturated carbocycles. The Bertz CT molecular complexity index is 1190. The minimum atomic E-state index is -0.153. The number of aromatic nitrogens is 3. The third-order valence-electron chi connectivity index (χ3n) is 6.37. The molecule has 3 aromatic rings. The van der Waals surface area contributed by atoms with Crippen LogP contribution in [0.3, 0.4) is 0 Å². The number of hydrogen-bond acceptors (Lipinski definition) is 5. The van der Waals surface area contributed by atoms with Gasteiger partial charge in [0.1, 0.15) is 11.6 Å². The largest absolute Gasteiger partial charge is 0.497 e. The standard InChI is InChI=1S/C23H24N4O3/c1-30-18-5-2-4-15(8-18)9-20-17-10-16(19-6-3-7-23(29)27(19)20)12-26(13-17)21-11-22(28)25-14-24-21/h2-8,11,14,16-17,20H,9-10,12-13H2,1H3,(H,24,25,28)/t16-,17+,20+/m1/s1. The van der Waals surface area contributed by atoms with Crippen molar-refractivity contribution >= 4 is 5.82 Å². The van der Waals surface area contributed by atoms with Gasteiger partial charge in [-0.3, -0.25) is 9.59 Å². The number of aromatic amines is 1. The molecule has 1 aromatic carbocycles. The van der Waals surface area contributed by atoms with Crippen LogP contribution in [0.1, 0.15) is 29.6 Å². The molecule has 0 unspecified atom stereocenters. The van der Waals surface area contributed by atoms with E-state index in [9.17, 15) is 9.59 Å². The van der Waals surface area contributed by atoms with E-state index in [0.29, 0.717) is 5.82 Å². The van der Waals surface area contributed by atoms with Crippen LogP contribution in [0.4, 0.5) is 5.82 Å². The summed E-state index contributed by atoms with van der Waals surface area (Å²) in [7, 11) is 1.66. The number of anilines is 1. The van der Waals surface area contributed by atoms with Gasteiger partial charge in [-0.15, -0.1) is 0 Å². The van der Waals surface area contributed by atoms with Gasteiger partial charge < -0.3 is 19.2 Å². The van der Waals surface area contributed by atoms with Gasteiger partial charge in [-0.2, -0.15) is 0 Å². The van der Waals surface area contributed by atoms with Crippen LogP contribution in [0.5, 0.6) is 5.75 Å². The molecule has 1 fully saturated rings. The van der Waals surface area contributed by atoms with E-state index < -0.39 is 0 Å². The Morgan fingerprint density at radius 3 is 2.83 bits per heavy atom. The van der Waals surface area contributed by atoms with E-state index in [0.717, 1.165) is 42.9 Å². The summed E-state index contributed by atoms with van der Waals surface area (Å²) in [4.78, 5) is 33.8. The number of ether oxygens (including phenoxy) is 1. The lowest BCUT2D eigenvalue weighted by Gasteiger charge is -2.47. The SMILES string of the molecule is COc1cccc(C[C@H]2[C@H]3C[C@H](CN(c4cc(=O)[nH]cn4)C3)c3cccc(=O)n32)c1. The highest BCUT2D eigenvalue weighted by Gasteiger charge is 2.40. The summed E-state index contributed by atoms with van der Waals surface area (Å²) < 4.78 is 7.39. The van der Waals surface area contributed by atoms with Crippen molar-refractivity contribution in [1.29, 1.82) is 0 Å². The lowest BCUT2D eigenvalue weighted by molar-refractivity contribution is 0.211. The average Bonchev–Trinajstić information content (AvgIpc) is 2.77. The molecule has 2 aromatic heterocycles. The summed E-state index contributed by atoms with van der Waals surface area (Å²) in [6.07, 6.45) is 3.23. The van der Waals surface area contributed by atoms with Gasteiger partial charge in [0.15, 0.2) is 0 Å². The van der Waals surface area contributed by atoms with Crippen molar-refractivity contribution in [3.63, 3.8) is 0 Å². The molecule has 7 heteroatoms. The Kier molecular flexibility index (Phi) is 4.65. The zero-order chi connectivity index (χ0) is 20.7. The van der Waals surface area contributed by atoms with E-state index in [1.807, 2.05) is 28.8 Å². The van der Waals surface area contributed by atoms with Crippen molar-refractivity contribution in [3.8, 4) is 5.75 Å². The van der Waals surface area contributed by atoms with Crippen molar-refractivity contribution in [2.24, 2.45) is 5.92 Å². The molecule has 2 aliphatic heterocycles. The summed E-state index contributed by atoms with van der Waals surface area (Å²) in [6, 6.07) is 15.2. The first-order chi connectivity index (χ1) is 14.6. The third-order valence-corrected chi connectivity index (χ3v) is 6.37. The number of methoxy groups -OCH3 is 1. The van der Waals surface area contributed by atoms with Gasteiger partial charge in [-0.05, 0) is 42.5 Å². The first-order valence-corrected chi connectivity index (χ1v) is 10.3. The van der Waals surface area contributed by atoms with Crippen LogP contribution in [-0.4, -0.2) is 34.7 Å². The maximum Gasteiger partial charge on any atom is 0.252 e. The van der Waals surface area contributed by atoms with E-state index in [4.69, 9.17) is 4.74 Å². The van der Waals surface area contributed by atoms with Crippen molar-refractivity contribution in [2.75, 3.05) is 25.1 Å². The van der Waals surface area contributed by atoms with Gasteiger partial charge in [0, 0.05) is 42.9 Å². The second kappa shape index (κ2) is 7.48. The molecule has 7 nitrogen and oxygen atoms in total. The third kappa shape index (κ3) is 3.30. The molecule has 0 radical (unpaired) electrons. The Morgan fingerprint density at radius 2 is 2.00 bits per heavy atom. The van der Waals surface area contributed by atoms with Crippen LogP contribution in [-0.2, 0) is 6.42 Å². The monoisotopic (exact) mass is 404 g/mol. The van der Waals surface area contributed by atoms with Crippen molar-refractivity contribution in [1.82, 2.24) is 14.5 Å². The molecule has 30 heavy (non-hydrogen) atoms. The molecule has 0 aliphatic carbocycles. The van der Waals surface area contributed by atoms with Crippen LogP contribution in [0.25, 0.3) is 0 Å². The van der Waals surface area contributed by atoms with Gasteiger partial charge in [-0.25, -0.2) is 4.98 Å². The molecule has 5 rings (SSSR count). The lowest BCUT2D eigenvalue weighted by Crippen LogP contribution is -2.50. The minimum absolute atomic E-state index is 0.0434. The van der Waals surface area contributed by atoms with Crippen LogP contribution in [0, 0.1) is 5.92 Å². The highest BCUT2D eigenvalue weighted by Crippen LogP contribution is 2.43. The molecule has 1 N–H and O–H groups in total. The summed E-state index contributed by atoms with van der Waals surface area (Å²) in [5.74, 6) is 2.03. The summed E-state index contributed by atoms with van der Waals surface area (Å²) in [5, 5.41) is 0. The van der Waals surface area contributed by atoms with Gasteiger partial charge in [0.25, 0.3) is 11.1 Å². The van der Waals surface area contributed by atoms with Crippen molar-refractivity contribution in [2.45, 2.75) is 24.8 Å². The first-order valence-electron chi connectivity index (χ1n) is 10.3. The highest BCUT2D eigenvalue weighted by atomic mass is 16.5. The second-order valence-electron chi connectivity index (χ2n) is 8.15. The molecule has 1 saturated heterocycles. The molecule has 0 amide bonds. The predicted octanol–water partition coefficient (Wildman–Crippen LogP) is 2.35. The highest BCUT2D eigenvalue weighted by molar-refractivity contribution is 5.40. The van der Waals surface area contributed by atoms with Crippen LogP contribution in [0.15, 0.2) is 64.4 Å². The van der Waals surface area contributed by atoms with Gasteiger partial charge >= 0.3 is 0 Å². The average molecular weight is 404 g/mol. The van der Waals surface area contributed by atoms with Crippen molar-refractivity contribution in [3.05, 3.63) is 86.8 Å². The lowest BCUT2D eigenvalue weighted by atomic mass is 9.76. The number of nitrogens with one attached hydrogen (secondary N) is 1. The molecular weight excluding hydrogens is 380 g/mol. The maximum atomic E-state index is 12.9. The fourth-order valence-corrected chi connectivity index (χ4v) is 5.06. The zero-order valence-corrected chi connectivity index (χ0v) is 16.8. The van der Waals surface area contributed by atoms with Crippen LogP contribution < -0.4 is 20.8 Å². The molecule has 2 aliphatic rings. The van der Waals surface area contributed by atoms with E-state index in [1.165, 1.54) is 6.33 Å².